The second-order valence-electron chi connectivity index (χ2n) is 13.2. The monoisotopic (exact) mass is 652 g/mol. The minimum Gasteiger partial charge on any atom is -0.367 e. The predicted octanol–water partition coefficient (Wildman–Crippen LogP) is 11.8. The van der Waals surface area contributed by atoms with Gasteiger partial charge in [-0.2, -0.15) is 0 Å². The Kier molecular flexibility index (Phi) is 5.95. The maximum Gasteiger partial charge on any atom is 0.0884 e. The van der Waals surface area contributed by atoms with Crippen LogP contribution in [0.4, 0.5) is 0 Å². The number of benzene rings is 7. The van der Waals surface area contributed by atoms with Crippen LogP contribution in [0.2, 0.25) is 0 Å². The van der Waals surface area contributed by atoms with Crippen LogP contribution in [0.25, 0.3) is 82.1 Å². The third kappa shape index (κ3) is 4.12. The van der Waals surface area contributed by atoms with Gasteiger partial charge in [0, 0.05) is 33.2 Å². The Morgan fingerprint density at radius 2 is 0.765 bits per heavy atom. The minimum atomic E-state index is -0.325. The first-order valence-corrected chi connectivity index (χ1v) is 17.4. The Hall–Kier alpha value is -6.85. The molecule has 0 amide bonds. The lowest BCUT2D eigenvalue weighted by molar-refractivity contribution is 0.756. The fraction of sp³-hybridized carbons (Fsp3) is 0.0217. The summed E-state index contributed by atoms with van der Waals surface area (Å²) in [4.78, 5) is 5.36. The van der Waals surface area contributed by atoms with Crippen LogP contribution < -0.4 is 0 Å². The average Bonchev–Trinajstić information content (AvgIpc) is 3.84. The highest BCUT2D eigenvalue weighted by atomic mass is 15.3. The summed E-state index contributed by atoms with van der Waals surface area (Å²) < 4.78 is 6.94. The zero-order valence-electron chi connectivity index (χ0n) is 27.6. The fourth-order valence-corrected chi connectivity index (χ4v) is 8.23. The summed E-state index contributed by atoms with van der Waals surface area (Å²) in [6.07, 6.45) is 1.89. The number of aromatic nitrogens is 3. The van der Waals surface area contributed by atoms with Gasteiger partial charge in [0.15, 0.2) is 0 Å². The summed E-state index contributed by atoms with van der Waals surface area (Å²) in [7, 11) is 0. The van der Waals surface area contributed by atoms with Crippen molar-refractivity contribution in [3.8, 4) is 5.69 Å². The zero-order chi connectivity index (χ0) is 33.5. The van der Waals surface area contributed by atoms with Crippen molar-refractivity contribution in [3.05, 3.63) is 187 Å². The van der Waals surface area contributed by atoms with Crippen molar-refractivity contribution in [2.45, 2.75) is 6.17 Å². The number of rotatable bonds is 3. The van der Waals surface area contributed by atoms with Gasteiger partial charge in [-0.3, -0.25) is 0 Å². The van der Waals surface area contributed by atoms with Gasteiger partial charge in [0.05, 0.1) is 28.2 Å². The molecule has 1 unspecified atom stereocenters. The molecule has 5 heteroatoms. The predicted molar refractivity (Wildman–Crippen MR) is 213 cm³/mol. The molecule has 1 aliphatic heterocycles. The normalized spacial score (nSPS) is 14.9. The summed E-state index contributed by atoms with van der Waals surface area (Å²) in [5.41, 5.74) is 9.90. The van der Waals surface area contributed by atoms with E-state index in [9.17, 15) is 0 Å². The Bertz CT molecular complexity index is 2900. The Morgan fingerprint density at radius 1 is 0.392 bits per heavy atom. The molecule has 0 fully saturated rings. The number of hydrogen-bond acceptors (Lipinski definition) is 1. The Balaban J connectivity index is 1.12. The van der Waals surface area contributed by atoms with Crippen LogP contribution in [0.1, 0.15) is 11.7 Å². The lowest BCUT2D eigenvalue weighted by atomic mass is 10.1. The van der Waals surface area contributed by atoms with Crippen LogP contribution in [0, 0.1) is 0 Å². The van der Waals surface area contributed by atoms with Gasteiger partial charge in [-0.15, -0.1) is 0 Å². The molecule has 5 nitrogen and oxygen atoms in total. The molecule has 11 rings (SSSR count). The van der Waals surface area contributed by atoms with Gasteiger partial charge in [0.25, 0.3) is 0 Å². The molecule has 0 N–H and O–H groups in total. The third-order valence-corrected chi connectivity index (χ3v) is 10.4. The van der Waals surface area contributed by atoms with Crippen LogP contribution in [0.3, 0.4) is 0 Å². The number of para-hydroxylation sites is 6. The van der Waals surface area contributed by atoms with Crippen molar-refractivity contribution in [2.75, 3.05) is 0 Å². The molecule has 1 atom stereocenters. The average molecular weight is 653 g/mol. The Labute approximate surface area is 293 Å². The van der Waals surface area contributed by atoms with Crippen LogP contribution in [0.15, 0.2) is 181 Å². The van der Waals surface area contributed by atoms with E-state index in [0.717, 1.165) is 39.0 Å². The molecule has 0 spiro atoms. The quantitative estimate of drug-likeness (QED) is 0.182. The molecule has 0 aliphatic carbocycles. The zero-order valence-corrected chi connectivity index (χ0v) is 27.6. The van der Waals surface area contributed by atoms with Crippen LogP contribution in [0.5, 0.6) is 0 Å². The third-order valence-electron chi connectivity index (χ3n) is 10.4. The molecule has 4 heterocycles. The van der Waals surface area contributed by atoms with Crippen molar-refractivity contribution >= 4 is 77.1 Å². The van der Waals surface area contributed by atoms with Crippen molar-refractivity contribution in [1.82, 2.24) is 13.7 Å². The molecule has 7 aromatic carbocycles. The van der Waals surface area contributed by atoms with Crippen LogP contribution >= 0.6 is 0 Å². The molecule has 51 heavy (non-hydrogen) atoms. The molecular formula is C46H30N5-. The van der Waals surface area contributed by atoms with E-state index in [0.29, 0.717) is 5.96 Å². The maximum absolute atomic E-state index is 5.46. The molecule has 0 saturated heterocycles. The van der Waals surface area contributed by atoms with Gasteiger partial charge in [-0.1, -0.05) is 133 Å². The van der Waals surface area contributed by atoms with E-state index in [2.05, 4.69) is 190 Å². The second kappa shape index (κ2) is 10.8. The molecule has 3 aromatic heterocycles. The number of fused-ring (bicyclic) bond motifs is 9. The molecule has 1 aliphatic rings. The van der Waals surface area contributed by atoms with Crippen molar-refractivity contribution in [3.63, 3.8) is 0 Å². The van der Waals surface area contributed by atoms with Crippen molar-refractivity contribution in [1.29, 1.82) is 0 Å². The summed E-state index contributed by atoms with van der Waals surface area (Å²) in [5, 5.41) is 12.8. The lowest BCUT2D eigenvalue weighted by Gasteiger charge is -2.34. The maximum atomic E-state index is 5.46. The second-order valence-corrected chi connectivity index (χ2v) is 13.2. The number of aliphatic imine (C=N–C) groups is 1. The fourth-order valence-electron chi connectivity index (χ4n) is 8.23. The minimum absolute atomic E-state index is 0.325. The highest BCUT2D eigenvalue weighted by Gasteiger charge is 2.21. The highest BCUT2D eigenvalue weighted by molar-refractivity contribution is 6.18. The standard InChI is InChI=1S/C46H30N5/c1-7-19-39-32(13-1)33-14-2-8-20-40(33)49(39)31-27-25-30(26-28-31)38-29-45(50-41-21-9-3-15-34(41)35-16-4-10-22-42(35)50)48-46(47-38)51-43-23-11-5-17-36(43)37-18-6-12-24-44(37)51/h1-29,45H/q-1. The molecule has 240 valence electrons. The molecule has 0 saturated carbocycles. The molecule has 0 radical (unpaired) electrons. The van der Waals surface area contributed by atoms with Gasteiger partial charge in [-0.25, -0.2) is 0 Å². The summed E-state index contributed by atoms with van der Waals surface area (Å²) in [5.74, 6) is 0.670. The van der Waals surface area contributed by atoms with Crippen molar-refractivity contribution in [2.24, 2.45) is 4.99 Å². The highest BCUT2D eigenvalue weighted by Crippen LogP contribution is 2.40. The van der Waals surface area contributed by atoms with E-state index in [4.69, 9.17) is 10.3 Å². The van der Waals surface area contributed by atoms with E-state index in [1.54, 1.807) is 0 Å². The van der Waals surface area contributed by atoms with Crippen molar-refractivity contribution < 1.29 is 0 Å². The summed E-state index contributed by atoms with van der Waals surface area (Å²) >= 11 is 0. The topological polar surface area (TPSA) is 41.2 Å². The van der Waals surface area contributed by atoms with E-state index in [1.807, 2.05) is 0 Å². The van der Waals surface area contributed by atoms with Gasteiger partial charge in [0.2, 0.25) is 0 Å². The van der Waals surface area contributed by atoms with E-state index in [1.165, 1.54) is 43.4 Å². The Morgan fingerprint density at radius 3 is 1.22 bits per heavy atom. The first kappa shape index (κ1) is 28.0. The largest absolute Gasteiger partial charge is 0.367 e. The number of nitrogens with zero attached hydrogens (tertiary/aromatic N) is 5. The number of hydrogen-bond donors (Lipinski definition) is 0. The van der Waals surface area contributed by atoms with E-state index >= 15 is 0 Å². The summed E-state index contributed by atoms with van der Waals surface area (Å²) in [6, 6.07) is 60.5. The van der Waals surface area contributed by atoms with E-state index < -0.39 is 0 Å². The smallest absolute Gasteiger partial charge is 0.0884 e. The van der Waals surface area contributed by atoms with Gasteiger partial charge in [-0.05, 0) is 75.5 Å². The van der Waals surface area contributed by atoms with Gasteiger partial charge < -0.3 is 24.0 Å². The molecule has 0 bridgehead atoms. The SMILES string of the molecule is C1=C(c2ccc(-n3c4ccccc4c4ccccc43)cc2)N=C(n2c3ccccc3c3ccccc32)[N-]C1n1c2ccccc2c2ccccc21. The van der Waals surface area contributed by atoms with E-state index in [-0.39, 0.29) is 6.17 Å². The molecular weight excluding hydrogens is 623 g/mol. The lowest BCUT2D eigenvalue weighted by Crippen LogP contribution is -2.20. The van der Waals surface area contributed by atoms with Gasteiger partial charge in [0.1, 0.15) is 0 Å². The first-order chi connectivity index (χ1) is 25.3. The summed E-state index contributed by atoms with van der Waals surface area (Å²) in [6.45, 7) is 0. The molecule has 10 aromatic rings. The van der Waals surface area contributed by atoms with Crippen LogP contribution in [-0.2, 0) is 0 Å². The van der Waals surface area contributed by atoms with Gasteiger partial charge >= 0.3 is 0 Å². The first-order valence-electron chi connectivity index (χ1n) is 17.4. The van der Waals surface area contributed by atoms with Crippen LogP contribution in [-0.4, -0.2) is 19.7 Å².